The molecular weight excluding hydrogens is 673 g/mol. The Hall–Kier alpha value is -5.28. The quantitative estimate of drug-likeness (QED) is 0.0929. The number of benzene rings is 4. The Balaban J connectivity index is 1.06. The maximum absolute atomic E-state index is 14.0. The molecule has 3 amide bonds. The highest BCUT2D eigenvalue weighted by Crippen LogP contribution is 2.44. The number of nitrogens with two attached hydrogens (primary N) is 1. The lowest BCUT2D eigenvalue weighted by atomic mass is 9.78. The van der Waals surface area contributed by atoms with Gasteiger partial charge in [-0.2, -0.15) is 0 Å². The number of anilines is 1. The molecule has 9 nitrogen and oxygen atoms in total. The van der Waals surface area contributed by atoms with Crippen molar-refractivity contribution in [2.24, 2.45) is 11.1 Å². The van der Waals surface area contributed by atoms with E-state index in [1.54, 1.807) is 36.1 Å². The van der Waals surface area contributed by atoms with Crippen molar-refractivity contribution in [3.63, 3.8) is 0 Å². The Kier molecular flexibility index (Phi) is 12.9. The van der Waals surface area contributed by atoms with E-state index in [-0.39, 0.29) is 36.0 Å². The van der Waals surface area contributed by atoms with Gasteiger partial charge in [0.15, 0.2) is 0 Å². The highest BCUT2D eigenvalue weighted by Gasteiger charge is 2.40. The first-order valence-electron chi connectivity index (χ1n) is 19.4. The molecule has 1 aliphatic heterocycles. The van der Waals surface area contributed by atoms with Gasteiger partial charge in [0, 0.05) is 56.8 Å². The molecule has 54 heavy (non-hydrogen) atoms. The summed E-state index contributed by atoms with van der Waals surface area (Å²) in [6.07, 6.45) is 5.75. The summed E-state index contributed by atoms with van der Waals surface area (Å²) in [4.78, 5) is 47.7. The summed E-state index contributed by atoms with van der Waals surface area (Å²) in [5, 5.41) is 10.8. The number of carbonyl (C=O) groups excluding carboxylic acids is 3. The molecule has 4 N–H and O–H groups in total. The van der Waals surface area contributed by atoms with Gasteiger partial charge in [0.25, 0.3) is 0 Å². The van der Waals surface area contributed by atoms with Crippen molar-refractivity contribution in [2.45, 2.75) is 70.4 Å². The molecule has 2 fully saturated rings. The third-order valence-corrected chi connectivity index (χ3v) is 11.2. The molecule has 1 saturated heterocycles. The molecule has 1 saturated carbocycles. The first-order chi connectivity index (χ1) is 26.2. The monoisotopic (exact) mass is 726 g/mol. The van der Waals surface area contributed by atoms with Crippen molar-refractivity contribution in [2.75, 3.05) is 37.6 Å². The number of hydrogen-bond donors (Lipinski definition) is 3. The van der Waals surface area contributed by atoms with Crippen LogP contribution in [-0.4, -0.2) is 72.1 Å². The summed E-state index contributed by atoms with van der Waals surface area (Å²) >= 11 is 0. The molecule has 4 aromatic rings. The highest BCUT2D eigenvalue weighted by atomic mass is 16.2. The Bertz CT molecular complexity index is 1800. The fraction of sp³-hybridized carbons (Fsp3) is 0.378. The molecule has 0 aromatic heterocycles. The van der Waals surface area contributed by atoms with Gasteiger partial charge in [-0.1, -0.05) is 104 Å². The predicted octanol–water partition coefficient (Wildman–Crippen LogP) is 6.72. The van der Waals surface area contributed by atoms with E-state index in [0.717, 1.165) is 51.6 Å². The van der Waals surface area contributed by atoms with E-state index in [1.165, 1.54) is 16.7 Å². The largest absolute Gasteiger partial charge is 0.384 e. The molecule has 4 aromatic carbocycles. The number of rotatable bonds is 15. The molecular formula is C45H54N6O3. The van der Waals surface area contributed by atoms with Crippen molar-refractivity contribution in [3.8, 4) is 0 Å². The first kappa shape index (κ1) is 38.4. The molecule has 1 aliphatic carbocycles. The van der Waals surface area contributed by atoms with Crippen LogP contribution in [0.15, 0.2) is 115 Å². The molecule has 1 unspecified atom stereocenters. The van der Waals surface area contributed by atoms with Crippen molar-refractivity contribution >= 4 is 29.2 Å². The zero-order valence-electron chi connectivity index (χ0n) is 31.5. The topological polar surface area (TPSA) is 123 Å². The number of nitrogens with one attached hydrogen (secondary N) is 2. The van der Waals surface area contributed by atoms with Gasteiger partial charge >= 0.3 is 0 Å². The smallest absolute Gasteiger partial charge is 0.249 e. The Morgan fingerprint density at radius 3 is 1.89 bits per heavy atom. The highest BCUT2D eigenvalue weighted by molar-refractivity contribution is 6.00. The number of carbonyl (C=O) groups is 3. The van der Waals surface area contributed by atoms with Gasteiger partial charge in [0.1, 0.15) is 11.9 Å². The average Bonchev–Trinajstić information content (AvgIpc) is 3.65. The molecule has 2 aliphatic rings. The zero-order chi connectivity index (χ0) is 37.9. The molecule has 0 radical (unpaired) electrons. The van der Waals surface area contributed by atoms with Gasteiger partial charge < -0.3 is 20.9 Å². The lowest BCUT2D eigenvalue weighted by Gasteiger charge is -2.41. The van der Waals surface area contributed by atoms with Gasteiger partial charge in [0.2, 0.25) is 17.7 Å². The van der Waals surface area contributed by atoms with Gasteiger partial charge in [-0.05, 0) is 79.0 Å². The first-order valence-corrected chi connectivity index (χ1v) is 19.4. The summed E-state index contributed by atoms with van der Waals surface area (Å²) < 4.78 is 0. The maximum atomic E-state index is 14.0. The second-order valence-corrected chi connectivity index (χ2v) is 15.0. The minimum Gasteiger partial charge on any atom is -0.384 e. The molecule has 1 heterocycles. The number of nitrogen functional groups attached to an aromatic ring is 1. The second-order valence-electron chi connectivity index (χ2n) is 15.0. The van der Waals surface area contributed by atoms with Crippen LogP contribution in [-0.2, 0) is 20.8 Å². The fourth-order valence-electron chi connectivity index (χ4n) is 8.29. The van der Waals surface area contributed by atoms with Crippen LogP contribution in [0.4, 0.5) is 5.69 Å². The molecule has 1 atom stereocenters. The zero-order valence-corrected chi connectivity index (χ0v) is 31.5. The number of amides is 3. The standard InChI is InChI=1S/C45H54N6O3/c1-34(44(54)51(27-13-16-35-14-5-2-6-15-35)39-23-21-38(22-24-39)43(46)47)48-40(52)32-45(25-11-12-26-45)33-41(53)49-28-30-50(31-29-49)42(36-17-7-3-8-18-36)37-19-9-4-10-20-37/h2-10,14-15,17-24,34,42H,11-13,16,25-33H2,1H3,(H3,46,47)(H,48,52). The third kappa shape index (κ3) is 9.82. The summed E-state index contributed by atoms with van der Waals surface area (Å²) in [5.74, 6) is -0.320. The minimum atomic E-state index is -0.758. The van der Waals surface area contributed by atoms with Crippen LogP contribution in [0.1, 0.15) is 80.2 Å². The van der Waals surface area contributed by atoms with Crippen molar-refractivity contribution in [1.29, 1.82) is 5.41 Å². The van der Waals surface area contributed by atoms with E-state index in [1.807, 2.05) is 35.2 Å². The SMILES string of the molecule is CC(NC(=O)CC1(CC(=O)N2CCN(C(c3ccccc3)c3ccccc3)CC2)CCCC1)C(=O)N(CCCc1ccccc1)c1ccc(C(=N)N)cc1. The summed E-state index contributed by atoms with van der Waals surface area (Å²) in [7, 11) is 0. The van der Waals surface area contributed by atoms with Crippen LogP contribution in [0, 0.1) is 10.8 Å². The second kappa shape index (κ2) is 18.2. The normalized spacial score (nSPS) is 16.1. The van der Waals surface area contributed by atoms with Gasteiger partial charge in [-0.3, -0.25) is 24.7 Å². The molecule has 0 bridgehead atoms. The summed E-state index contributed by atoms with van der Waals surface area (Å²) in [6, 6.07) is 37.7. The number of piperazine rings is 1. The van der Waals surface area contributed by atoms with Gasteiger partial charge in [-0.15, -0.1) is 0 Å². The Morgan fingerprint density at radius 2 is 1.33 bits per heavy atom. The number of aryl methyl sites for hydroxylation is 1. The van der Waals surface area contributed by atoms with E-state index >= 15 is 0 Å². The molecule has 9 heteroatoms. The number of amidine groups is 1. The maximum Gasteiger partial charge on any atom is 0.249 e. The summed E-state index contributed by atoms with van der Waals surface area (Å²) in [5.41, 5.74) is 10.2. The Morgan fingerprint density at radius 1 is 0.778 bits per heavy atom. The van der Waals surface area contributed by atoms with Crippen LogP contribution in [0.2, 0.25) is 0 Å². The van der Waals surface area contributed by atoms with Crippen molar-refractivity contribution in [1.82, 2.24) is 15.1 Å². The number of hydrogen-bond acceptors (Lipinski definition) is 5. The van der Waals surface area contributed by atoms with E-state index in [4.69, 9.17) is 11.1 Å². The van der Waals surface area contributed by atoms with Crippen LogP contribution < -0.4 is 16.0 Å². The molecule has 0 spiro atoms. The minimum absolute atomic E-state index is 0.0366. The summed E-state index contributed by atoms with van der Waals surface area (Å²) in [6.45, 7) is 5.04. The van der Waals surface area contributed by atoms with Crippen LogP contribution >= 0.6 is 0 Å². The fourth-order valence-corrected chi connectivity index (χ4v) is 8.29. The van der Waals surface area contributed by atoms with Gasteiger partial charge in [0.05, 0.1) is 6.04 Å². The van der Waals surface area contributed by atoms with E-state index in [2.05, 4.69) is 70.9 Å². The van der Waals surface area contributed by atoms with Crippen LogP contribution in [0.3, 0.4) is 0 Å². The lowest BCUT2D eigenvalue weighted by molar-refractivity contribution is -0.137. The van der Waals surface area contributed by atoms with E-state index < -0.39 is 11.5 Å². The lowest BCUT2D eigenvalue weighted by Crippen LogP contribution is -2.51. The Labute approximate surface area is 320 Å². The average molecular weight is 727 g/mol. The predicted molar refractivity (Wildman–Crippen MR) is 215 cm³/mol. The molecule has 6 rings (SSSR count). The van der Waals surface area contributed by atoms with E-state index in [9.17, 15) is 14.4 Å². The third-order valence-electron chi connectivity index (χ3n) is 11.2. The van der Waals surface area contributed by atoms with Gasteiger partial charge in [-0.25, -0.2) is 0 Å². The van der Waals surface area contributed by atoms with Crippen LogP contribution in [0.25, 0.3) is 0 Å². The van der Waals surface area contributed by atoms with Crippen LogP contribution in [0.5, 0.6) is 0 Å². The van der Waals surface area contributed by atoms with Crippen molar-refractivity contribution < 1.29 is 14.4 Å². The van der Waals surface area contributed by atoms with Crippen molar-refractivity contribution in [3.05, 3.63) is 138 Å². The van der Waals surface area contributed by atoms with E-state index in [0.29, 0.717) is 37.3 Å². The number of nitrogens with zero attached hydrogens (tertiary/aromatic N) is 3. The molecule has 282 valence electrons.